The highest BCUT2D eigenvalue weighted by molar-refractivity contribution is 9.10. The monoisotopic (exact) mass is 304 g/mol. The number of Topliss-reactive ketones (excluding diaryl/α,β-unsaturated/α-hetero) is 1. The molecule has 0 atom stereocenters. The summed E-state index contributed by atoms with van der Waals surface area (Å²) >= 11 is 3.35. The molecule has 2 aromatic rings. The highest BCUT2D eigenvalue weighted by Gasteiger charge is 2.09. The molecule has 2 rings (SSSR count). The number of aromatic nitrogens is 2. The van der Waals surface area contributed by atoms with Crippen molar-refractivity contribution in [2.75, 3.05) is 0 Å². The number of nitrogens with zero attached hydrogens (tertiary/aromatic N) is 2. The predicted octanol–water partition coefficient (Wildman–Crippen LogP) is 3.28. The molecule has 2 aromatic heterocycles. The molecular weight excluding hydrogens is 292 g/mol. The van der Waals surface area contributed by atoms with E-state index < -0.39 is 0 Å². The van der Waals surface area contributed by atoms with Gasteiger partial charge in [0.25, 0.3) is 0 Å². The van der Waals surface area contributed by atoms with Gasteiger partial charge in [-0.05, 0) is 53.5 Å². The predicted molar refractivity (Wildman–Crippen MR) is 73.7 cm³/mol. The van der Waals surface area contributed by atoms with E-state index in [-0.39, 0.29) is 5.78 Å². The average Bonchev–Trinajstić information content (AvgIpc) is 2.27. The summed E-state index contributed by atoms with van der Waals surface area (Å²) in [4.78, 5) is 20.5. The number of ketones is 1. The van der Waals surface area contributed by atoms with Crippen LogP contribution >= 0.6 is 15.9 Å². The molecule has 0 aromatic carbocycles. The van der Waals surface area contributed by atoms with Crippen molar-refractivity contribution >= 4 is 21.7 Å². The summed E-state index contributed by atoms with van der Waals surface area (Å²) in [5, 5.41) is 0. The van der Waals surface area contributed by atoms with Gasteiger partial charge in [-0.1, -0.05) is 0 Å². The highest BCUT2D eigenvalue weighted by Crippen LogP contribution is 2.13. The second-order valence-electron chi connectivity index (χ2n) is 4.25. The summed E-state index contributed by atoms with van der Waals surface area (Å²) in [6.07, 6.45) is 3.77. The molecule has 0 amide bonds. The van der Waals surface area contributed by atoms with Gasteiger partial charge < -0.3 is 0 Å². The topological polar surface area (TPSA) is 42.9 Å². The van der Waals surface area contributed by atoms with Crippen LogP contribution in [0.15, 0.2) is 35.1 Å². The number of halogens is 1. The zero-order valence-corrected chi connectivity index (χ0v) is 11.9. The molecule has 2 heterocycles. The van der Waals surface area contributed by atoms with E-state index in [4.69, 9.17) is 0 Å². The number of carbonyl (C=O) groups is 1. The van der Waals surface area contributed by atoms with Gasteiger partial charge in [-0.15, -0.1) is 0 Å². The summed E-state index contributed by atoms with van der Waals surface area (Å²) in [6.45, 7) is 3.79. The number of hydrogen-bond acceptors (Lipinski definition) is 3. The maximum Gasteiger partial charge on any atom is 0.167 e. The molecular formula is C14H13BrN2O. The van der Waals surface area contributed by atoms with Crippen molar-refractivity contribution in [2.45, 2.75) is 20.3 Å². The van der Waals surface area contributed by atoms with Crippen LogP contribution in [0.5, 0.6) is 0 Å². The number of carbonyl (C=O) groups excluding carboxylic acids is 1. The Balaban J connectivity index is 2.22. The maximum atomic E-state index is 12.2. The van der Waals surface area contributed by atoms with E-state index >= 15 is 0 Å². The smallest absolute Gasteiger partial charge is 0.167 e. The van der Waals surface area contributed by atoms with Gasteiger partial charge in [0.05, 0.1) is 0 Å². The molecule has 92 valence electrons. The second-order valence-corrected chi connectivity index (χ2v) is 5.17. The first-order valence-electron chi connectivity index (χ1n) is 5.62. The van der Waals surface area contributed by atoms with Gasteiger partial charge in [-0.2, -0.15) is 0 Å². The van der Waals surface area contributed by atoms with Crippen molar-refractivity contribution in [3.63, 3.8) is 0 Å². The lowest BCUT2D eigenvalue weighted by atomic mass is 10.0. The standard InChI is InChI=1S/C14H13BrN2O/c1-9-3-12(4-10(2)17-9)14(18)6-11-5-13(15)8-16-7-11/h3-5,7-8H,6H2,1-2H3. The van der Waals surface area contributed by atoms with Crippen molar-refractivity contribution in [2.24, 2.45) is 0 Å². The Morgan fingerprint density at radius 1 is 1.17 bits per heavy atom. The second kappa shape index (κ2) is 5.40. The molecule has 18 heavy (non-hydrogen) atoms. The third-order valence-corrected chi connectivity index (χ3v) is 2.96. The van der Waals surface area contributed by atoms with E-state index in [0.717, 1.165) is 21.4 Å². The Bertz CT molecular complexity index is 576. The van der Waals surface area contributed by atoms with Gasteiger partial charge in [0.1, 0.15) is 0 Å². The van der Waals surface area contributed by atoms with E-state index in [1.807, 2.05) is 32.0 Å². The van der Waals surface area contributed by atoms with E-state index in [1.165, 1.54) is 0 Å². The molecule has 0 aliphatic rings. The molecule has 0 spiro atoms. The minimum atomic E-state index is 0.0866. The summed E-state index contributed by atoms with van der Waals surface area (Å²) in [6, 6.07) is 5.55. The minimum Gasteiger partial charge on any atom is -0.294 e. The molecule has 0 saturated heterocycles. The van der Waals surface area contributed by atoms with Crippen LogP contribution in [0, 0.1) is 13.8 Å². The van der Waals surface area contributed by atoms with Crippen LogP contribution in [-0.4, -0.2) is 15.8 Å². The number of rotatable bonds is 3. The summed E-state index contributed by atoms with van der Waals surface area (Å²) in [5.41, 5.74) is 3.35. The molecule has 0 unspecified atom stereocenters. The summed E-state index contributed by atoms with van der Waals surface area (Å²) in [5.74, 6) is 0.0866. The number of aryl methyl sites for hydroxylation is 2. The Morgan fingerprint density at radius 2 is 1.83 bits per heavy atom. The molecule has 0 radical (unpaired) electrons. The van der Waals surface area contributed by atoms with Gasteiger partial charge in [0.15, 0.2) is 5.78 Å². The van der Waals surface area contributed by atoms with E-state index in [2.05, 4.69) is 25.9 Å². The van der Waals surface area contributed by atoms with Crippen molar-refractivity contribution in [3.8, 4) is 0 Å². The zero-order valence-electron chi connectivity index (χ0n) is 10.3. The van der Waals surface area contributed by atoms with Crippen LogP contribution in [-0.2, 0) is 6.42 Å². The molecule has 0 saturated carbocycles. The van der Waals surface area contributed by atoms with Crippen molar-refractivity contribution in [3.05, 3.63) is 57.6 Å². The van der Waals surface area contributed by atoms with Gasteiger partial charge in [-0.3, -0.25) is 14.8 Å². The quantitative estimate of drug-likeness (QED) is 0.817. The zero-order chi connectivity index (χ0) is 13.1. The first-order chi connectivity index (χ1) is 8.54. The summed E-state index contributed by atoms with van der Waals surface area (Å²) < 4.78 is 0.884. The van der Waals surface area contributed by atoms with Crippen molar-refractivity contribution < 1.29 is 4.79 Å². The molecule has 3 nitrogen and oxygen atoms in total. The number of pyridine rings is 2. The van der Waals surface area contributed by atoms with Gasteiger partial charge in [0, 0.05) is 40.2 Å². The summed E-state index contributed by atoms with van der Waals surface area (Å²) in [7, 11) is 0. The largest absolute Gasteiger partial charge is 0.294 e. The van der Waals surface area contributed by atoms with E-state index in [1.54, 1.807) is 12.4 Å². The third-order valence-electron chi connectivity index (χ3n) is 2.53. The van der Waals surface area contributed by atoms with Crippen molar-refractivity contribution in [1.29, 1.82) is 0 Å². The fourth-order valence-electron chi connectivity index (χ4n) is 1.84. The lowest BCUT2D eigenvalue weighted by Crippen LogP contribution is -2.05. The van der Waals surface area contributed by atoms with Crippen LogP contribution in [0.1, 0.15) is 27.3 Å². The Labute approximate surface area is 114 Å². The van der Waals surface area contributed by atoms with Gasteiger partial charge in [0.2, 0.25) is 0 Å². The highest BCUT2D eigenvalue weighted by atomic mass is 79.9. The van der Waals surface area contributed by atoms with Gasteiger partial charge in [-0.25, -0.2) is 0 Å². The Hall–Kier alpha value is -1.55. The number of hydrogen-bond donors (Lipinski definition) is 0. The van der Waals surface area contributed by atoms with Crippen LogP contribution in [0.2, 0.25) is 0 Å². The van der Waals surface area contributed by atoms with Crippen LogP contribution in [0.25, 0.3) is 0 Å². The third kappa shape index (κ3) is 3.23. The first kappa shape index (κ1) is 12.9. The average molecular weight is 305 g/mol. The normalized spacial score (nSPS) is 10.4. The van der Waals surface area contributed by atoms with Gasteiger partial charge >= 0.3 is 0 Å². The minimum absolute atomic E-state index is 0.0866. The molecule has 0 bridgehead atoms. The molecule has 0 fully saturated rings. The maximum absolute atomic E-state index is 12.2. The SMILES string of the molecule is Cc1cc(C(=O)Cc2cncc(Br)c2)cc(C)n1. The first-order valence-corrected chi connectivity index (χ1v) is 6.42. The van der Waals surface area contributed by atoms with Crippen LogP contribution in [0.4, 0.5) is 0 Å². The van der Waals surface area contributed by atoms with Crippen molar-refractivity contribution in [1.82, 2.24) is 9.97 Å². The fraction of sp³-hybridized carbons (Fsp3) is 0.214. The molecule has 0 aliphatic carbocycles. The van der Waals surface area contributed by atoms with E-state index in [9.17, 15) is 4.79 Å². The Morgan fingerprint density at radius 3 is 2.44 bits per heavy atom. The Kier molecular flexibility index (Phi) is 3.87. The van der Waals surface area contributed by atoms with E-state index in [0.29, 0.717) is 12.0 Å². The lowest BCUT2D eigenvalue weighted by Gasteiger charge is -2.04. The lowest BCUT2D eigenvalue weighted by molar-refractivity contribution is 0.0992. The fourth-order valence-corrected chi connectivity index (χ4v) is 2.25. The van der Waals surface area contributed by atoms with Crippen LogP contribution < -0.4 is 0 Å². The molecule has 0 aliphatic heterocycles. The molecule has 4 heteroatoms. The molecule has 0 N–H and O–H groups in total. The van der Waals surface area contributed by atoms with Crippen LogP contribution in [0.3, 0.4) is 0 Å².